The van der Waals surface area contributed by atoms with Gasteiger partial charge in [0, 0.05) is 0 Å². The molecule has 0 fully saturated rings. The lowest BCUT2D eigenvalue weighted by Gasteiger charge is -2.29. The van der Waals surface area contributed by atoms with Crippen LogP contribution in [0.4, 0.5) is 0 Å². The molecule has 0 spiro atoms. The van der Waals surface area contributed by atoms with Crippen LogP contribution in [0.15, 0.2) is 47.3 Å². The summed E-state index contributed by atoms with van der Waals surface area (Å²) in [6.07, 6.45) is 2.06. The summed E-state index contributed by atoms with van der Waals surface area (Å²) in [6.45, 7) is 13.3. The van der Waals surface area contributed by atoms with E-state index in [-0.39, 0.29) is 11.6 Å². The highest BCUT2D eigenvalue weighted by molar-refractivity contribution is 5.79. The van der Waals surface area contributed by atoms with Gasteiger partial charge in [-0.1, -0.05) is 30.3 Å². The minimum Gasteiger partial charge on any atom is -0.493 e. The van der Waals surface area contributed by atoms with Crippen molar-refractivity contribution < 1.29 is 19.4 Å². The smallest absolute Gasteiger partial charge is 0.350 e. The van der Waals surface area contributed by atoms with Crippen LogP contribution < -0.4 is 10.4 Å². The number of aryl methyl sites for hydroxylation is 4. The lowest BCUT2D eigenvalue weighted by atomic mass is 10.1. The first-order chi connectivity index (χ1) is 16.7. The molecule has 0 amide bonds. The van der Waals surface area contributed by atoms with E-state index >= 15 is 0 Å². The van der Waals surface area contributed by atoms with Crippen molar-refractivity contribution in [2.24, 2.45) is 0 Å². The molecule has 0 saturated heterocycles. The third kappa shape index (κ3) is 7.03. The fraction of sp³-hybridized carbons (Fsp3) is 0.448. The standard InChI is InChI=1S/C29H38N2O5/c1-19-11-12-22(17-20(19)2)18-31-25(32)24(30-27(31)34)10-8-9-21-13-15-23(16-14-21)35-29(6,7)26(33)36-28(3,4)5/h11-17,32H,8-10,18H2,1-7H3,(H,30,34). The summed E-state index contributed by atoms with van der Waals surface area (Å²) in [5.41, 5.74) is 2.95. The van der Waals surface area contributed by atoms with Crippen molar-refractivity contribution in [3.63, 3.8) is 0 Å². The molecule has 2 N–H and O–H groups in total. The number of hydrogen-bond acceptors (Lipinski definition) is 5. The number of carbonyl (C=O) groups excluding carboxylic acids is 1. The zero-order valence-corrected chi connectivity index (χ0v) is 22.4. The topological polar surface area (TPSA) is 93.5 Å². The maximum atomic E-state index is 12.4. The number of benzene rings is 2. The number of aromatic amines is 1. The Morgan fingerprint density at radius 2 is 1.58 bits per heavy atom. The lowest BCUT2D eigenvalue weighted by Crippen LogP contribution is -2.43. The number of hydrogen-bond donors (Lipinski definition) is 2. The van der Waals surface area contributed by atoms with Crippen LogP contribution in [0, 0.1) is 13.8 Å². The number of nitrogens with one attached hydrogen (secondary N) is 1. The minimum absolute atomic E-state index is 0.00801. The van der Waals surface area contributed by atoms with Gasteiger partial charge in [-0.15, -0.1) is 0 Å². The molecule has 7 heteroatoms. The minimum atomic E-state index is -1.11. The highest BCUT2D eigenvalue weighted by Crippen LogP contribution is 2.23. The molecule has 0 bridgehead atoms. The average molecular weight is 495 g/mol. The van der Waals surface area contributed by atoms with E-state index in [2.05, 4.69) is 4.98 Å². The number of nitrogens with zero attached hydrogens (tertiary/aromatic N) is 1. The largest absolute Gasteiger partial charge is 0.493 e. The molecule has 3 aromatic rings. The van der Waals surface area contributed by atoms with Gasteiger partial charge < -0.3 is 19.6 Å². The van der Waals surface area contributed by atoms with E-state index in [0.717, 1.165) is 29.5 Å². The second kappa shape index (κ2) is 10.6. The Morgan fingerprint density at radius 3 is 2.19 bits per heavy atom. The van der Waals surface area contributed by atoms with E-state index in [4.69, 9.17) is 9.47 Å². The molecule has 0 aliphatic heterocycles. The third-order valence-corrected chi connectivity index (χ3v) is 6.02. The fourth-order valence-electron chi connectivity index (χ4n) is 3.85. The molecule has 36 heavy (non-hydrogen) atoms. The summed E-state index contributed by atoms with van der Waals surface area (Å²) in [7, 11) is 0. The van der Waals surface area contributed by atoms with E-state index in [1.807, 2.05) is 77.1 Å². The third-order valence-electron chi connectivity index (χ3n) is 6.02. The Morgan fingerprint density at radius 1 is 0.944 bits per heavy atom. The molecular weight excluding hydrogens is 456 g/mol. The second-order valence-corrected chi connectivity index (χ2v) is 10.8. The maximum absolute atomic E-state index is 12.4. The summed E-state index contributed by atoms with van der Waals surface area (Å²) in [4.78, 5) is 27.6. The van der Waals surface area contributed by atoms with Crippen molar-refractivity contribution in [3.05, 3.63) is 80.9 Å². The SMILES string of the molecule is Cc1ccc(Cn2c(O)c(CCCc3ccc(OC(C)(C)C(=O)OC(C)(C)C)cc3)[nH]c2=O)cc1C. The van der Waals surface area contributed by atoms with Crippen LogP contribution in [0.5, 0.6) is 11.6 Å². The van der Waals surface area contributed by atoms with Gasteiger partial charge in [0.05, 0.1) is 12.2 Å². The Kier molecular flexibility index (Phi) is 8.02. The predicted molar refractivity (Wildman–Crippen MR) is 141 cm³/mol. The highest BCUT2D eigenvalue weighted by atomic mass is 16.6. The van der Waals surface area contributed by atoms with Gasteiger partial charge in [0.15, 0.2) is 5.60 Å². The number of imidazole rings is 1. The Hall–Kier alpha value is -3.48. The van der Waals surface area contributed by atoms with E-state index in [9.17, 15) is 14.7 Å². The molecule has 0 atom stereocenters. The zero-order valence-electron chi connectivity index (χ0n) is 22.4. The Labute approximate surface area is 213 Å². The Bertz CT molecular complexity index is 1260. The number of H-pyrrole nitrogens is 1. The van der Waals surface area contributed by atoms with Crippen LogP contribution in [0.2, 0.25) is 0 Å². The van der Waals surface area contributed by atoms with E-state index < -0.39 is 17.2 Å². The van der Waals surface area contributed by atoms with Gasteiger partial charge in [0.25, 0.3) is 0 Å². The summed E-state index contributed by atoms with van der Waals surface area (Å²) in [5, 5.41) is 10.6. The number of ether oxygens (including phenoxy) is 2. The van der Waals surface area contributed by atoms with Crippen molar-refractivity contribution >= 4 is 5.97 Å². The molecule has 0 aliphatic carbocycles. The molecule has 1 aromatic heterocycles. The summed E-state index contributed by atoms with van der Waals surface area (Å²) >= 11 is 0. The number of aromatic hydroxyl groups is 1. The van der Waals surface area contributed by atoms with Gasteiger partial charge in [-0.2, -0.15) is 0 Å². The van der Waals surface area contributed by atoms with Crippen molar-refractivity contribution in [2.45, 2.75) is 85.5 Å². The first kappa shape index (κ1) is 27.1. The Balaban J connectivity index is 1.56. The van der Waals surface area contributed by atoms with Crippen molar-refractivity contribution in [3.8, 4) is 11.6 Å². The van der Waals surface area contributed by atoms with E-state index in [0.29, 0.717) is 24.4 Å². The highest BCUT2D eigenvalue weighted by Gasteiger charge is 2.34. The summed E-state index contributed by atoms with van der Waals surface area (Å²) < 4.78 is 12.7. The zero-order chi connectivity index (χ0) is 26.7. The molecule has 7 nitrogen and oxygen atoms in total. The van der Waals surface area contributed by atoms with Crippen LogP contribution in [0.1, 0.15) is 69.0 Å². The predicted octanol–water partition coefficient (Wildman–Crippen LogP) is 5.22. The van der Waals surface area contributed by atoms with Gasteiger partial charge in [-0.3, -0.25) is 4.57 Å². The number of aromatic nitrogens is 2. The molecular formula is C29H38N2O5. The second-order valence-electron chi connectivity index (χ2n) is 10.8. The van der Waals surface area contributed by atoms with Crippen LogP contribution in [0.25, 0.3) is 0 Å². The molecule has 3 rings (SSSR count). The first-order valence-electron chi connectivity index (χ1n) is 12.3. The van der Waals surface area contributed by atoms with Crippen molar-refractivity contribution in [2.75, 3.05) is 0 Å². The normalized spacial score (nSPS) is 12.0. The van der Waals surface area contributed by atoms with Gasteiger partial charge in [-0.25, -0.2) is 9.59 Å². The average Bonchev–Trinajstić information content (AvgIpc) is 3.03. The first-order valence-corrected chi connectivity index (χ1v) is 12.3. The van der Waals surface area contributed by atoms with Gasteiger partial charge in [0.1, 0.15) is 11.4 Å². The molecule has 0 radical (unpaired) electrons. The number of esters is 1. The quantitative estimate of drug-likeness (QED) is 0.398. The van der Waals surface area contributed by atoms with Crippen LogP contribution >= 0.6 is 0 Å². The molecule has 2 aromatic carbocycles. The fourth-order valence-corrected chi connectivity index (χ4v) is 3.85. The molecule has 0 saturated carbocycles. The lowest BCUT2D eigenvalue weighted by molar-refractivity contribution is -0.170. The molecule has 194 valence electrons. The maximum Gasteiger partial charge on any atom is 0.350 e. The van der Waals surface area contributed by atoms with Gasteiger partial charge in [-0.05, 0) is 102 Å². The van der Waals surface area contributed by atoms with Gasteiger partial charge >= 0.3 is 11.7 Å². The summed E-state index contributed by atoms with van der Waals surface area (Å²) in [5.74, 6) is 0.156. The van der Waals surface area contributed by atoms with Gasteiger partial charge in [0.2, 0.25) is 5.88 Å². The van der Waals surface area contributed by atoms with E-state index in [1.165, 1.54) is 10.1 Å². The van der Waals surface area contributed by atoms with Crippen LogP contribution in [0.3, 0.4) is 0 Å². The molecule has 0 unspecified atom stereocenters. The van der Waals surface area contributed by atoms with Crippen molar-refractivity contribution in [1.29, 1.82) is 0 Å². The molecule has 0 aliphatic rings. The van der Waals surface area contributed by atoms with E-state index in [1.54, 1.807) is 13.8 Å². The van der Waals surface area contributed by atoms with Crippen LogP contribution in [-0.4, -0.2) is 31.8 Å². The number of rotatable bonds is 9. The number of carbonyl (C=O) groups is 1. The van der Waals surface area contributed by atoms with Crippen LogP contribution in [-0.2, 0) is 28.9 Å². The summed E-state index contributed by atoms with van der Waals surface area (Å²) in [6, 6.07) is 13.6. The molecule has 1 heterocycles. The van der Waals surface area contributed by atoms with Crippen molar-refractivity contribution in [1.82, 2.24) is 9.55 Å². The monoisotopic (exact) mass is 494 g/mol.